The molecule has 0 spiro atoms. The molecular formula is C12H10OS. The second-order valence-electron chi connectivity index (χ2n) is 2.97. The van der Waals surface area contributed by atoms with Crippen LogP contribution in [0.25, 0.3) is 5.57 Å². The van der Waals surface area contributed by atoms with Gasteiger partial charge in [0.05, 0.1) is 0 Å². The van der Waals surface area contributed by atoms with Gasteiger partial charge in [0.25, 0.3) is 0 Å². The van der Waals surface area contributed by atoms with Crippen LogP contribution in [0.3, 0.4) is 0 Å². The Hall–Kier alpha value is -1.54. The number of phenolic OH excluding ortho intramolecular Hbond substituents is 1. The lowest BCUT2D eigenvalue weighted by Crippen LogP contribution is -1.82. The van der Waals surface area contributed by atoms with Crippen molar-refractivity contribution >= 4 is 16.9 Å². The van der Waals surface area contributed by atoms with E-state index in [9.17, 15) is 5.11 Å². The third-order valence-electron chi connectivity index (χ3n) is 2.05. The summed E-state index contributed by atoms with van der Waals surface area (Å²) in [5.41, 5.74) is 1.67. The predicted octanol–water partition coefficient (Wildman–Crippen LogP) is 3.52. The molecule has 0 radical (unpaired) electrons. The first-order chi connectivity index (χ1) is 6.79. The number of phenols is 1. The molecule has 1 N–H and O–H groups in total. The van der Waals surface area contributed by atoms with E-state index in [0.717, 1.165) is 16.0 Å². The summed E-state index contributed by atoms with van der Waals surface area (Å²) in [6.45, 7) is 3.98. The highest BCUT2D eigenvalue weighted by atomic mass is 32.1. The van der Waals surface area contributed by atoms with E-state index in [2.05, 4.69) is 6.58 Å². The zero-order chi connectivity index (χ0) is 9.97. The van der Waals surface area contributed by atoms with Gasteiger partial charge in [-0.3, -0.25) is 0 Å². The number of thiophene rings is 1. The number of rotatable bonds is 2. The van der Waals surface area contributed by atoms with Crippen LogP contribution in [0.2, 0.25) is 0 Å². The van der Waals surface area contributed by atoms with Crippen molar-refractivity contribution in [2.75, 3.05) is 0 Å². The van der Waals surface area contributed by atoms with E-state index in [1.807, 2.05) is 29.6 Å². The minimum atomic E-state index is 0.283. The number of aromatic hydroxyl groups is 1. The van der Waals surface area contributed by atoms with Crippen molar-refractivity contribution in [2.45, 2.75) is 0 Å². The van der Waals surface area contributed by atoms with Crippen molar-refractivity contribution in [3.8, 4) is 5.75 Å². The zero-order valence-corrected chi connectivity index (χ0v) is 8.42. The van der Waals surface area contributed by atoms with Gasteiger partial charge in [-0.05, 0) is 23.1 Å². The standard InChI is InChI=1S/C12H10OS/c1-9(12-7-4-8-14-12)10-5-2-3-6-11(10)13/h2-8,13H,1H2. The second-order valence-corrected chi connectivity index (χ2v) is 3.92. The van der Waals surface area contributed by atoms with E-state index >= 15 is 0 Å². The zero-order valence-electron chi connectivity index (χ0n) is 7.60. The minimum absolute atomic E-state index is 0.283. The quantitative estimate of drug-likeness (QED) is 0.790. The topological polar surface area (TPSA) is 20.2 Å². The lowest BCUT2D eigenvalue weighted by atomic mass is 10.1. The Morgan fingerprint density at radius 3 is 2.57 bits per heavy atom. The van der Waals surface area contributed by atoms with Gasteiger partial charge in [0, 0.05) is 10.4 Å². The molecule has 2 heteroatoms. The largest absolute Gasteiger partial charge is 0.507 e. The van der Waals surface area contributed by atoms with Gasteiger partial charge in [-0.15, -0.1) is 11.3 Å². The van der Waals surface area contributed by atoms with Gasteiger partial charge in [-0.2, -0.15) is 0 Å². The molecule has 2 rings (SSSR count). The Morgan fingerprint density at radius 1 is 1.14 bits per heavy atom. The molecule has 0 aliphatic rings. The van der Waals surface area contributed by atoms with Gasteiger partial charge >= 0.3 is 0 Å². The van der Waals surface area contributed by atoms with Crippen LogP contribution in [0.15, 0.2) is 48.4 Å². The average Bonchev–Trinajstić information content (AvgIpc) is 2.70. The van der Waals surface area contributed by atoms with Crippen LogP contribution in [0.5, 0.6) is 5.75 Å². The molecule has 14 heavy (non-hydrogen) atoms. The molecule has 0 unspecified atom stereocenters. The maximum atomic E-state index is 9.62. The molecule has 0 fully saturated rings. The monoisotopic (exact) mass is 202 g/mol. The minimum Gasteiger partial charge on any atom is -0.507 e. The van der Waals surface area contributed by atoms with Gasteiger partial charge in [0.15, 0.2) is 0 Å². The van der Waals surface area contributed by atoms with Crippen LogP contribution in [-0.4, -0.2) is 5.11 Å². The SMILES string of the molecule is C=C(c1cccs1)c1ccccc1O. The van der Waals surface area contributed by atoms with Crippen LogP contribution >= 0.6 is 11.3 Å². The average molecular weight is 202 g/mol. The summed E-state index contributed by atoms with van der Waals surface area (Å²) in [6, 6.07) is 11.2. The smallest absolute Gasteiger partial charge is 0.123 e. The van der Waals surface area contributed by atoms with E-state index in [1.165, 1.54) is 0 Å². The summed E-state index contributed by atoms with van der Waals surface area (Å²) >= 11 is 1.62. The lowest BCUT2D eigenvalue weighted by Gasteiger charge is -2.05. The molecule has 1 aromatic carbocycles. The molecule has 2 aromatic rings. The van der Waals surface area contributed by atoms with E-state index < -0.39 is 0 Å². The Morgan fingerprint density at radius 2 is 1.93 bits per heavy atom. The fourth-order valence-corrected chi connectivity index (χ4v) is 2.02. The summed E-state index contributed by atoms with van der Waals surface area (Å²) in [4.78, 5) is 1.09. The van der Waals surface area contributed by atoms with Crippen molar-refractivity contribution < 1.29 is 5.11 Å². The van der Waals surface area contributed by atoms with Gasteiger partial charge in [-0.1, -0.05) is 30.8 Å². The molecule has 0 amide bonds. The first-order valence-electron chi connectivity index (χ1n) is 4.30. The summed E-state index contributed by atoms with van der Waals surface area (Å²) in [7, 11) is 0. The van der Waals surface area contributed by atoms with Gasteiger partial charge in [-0.25, -0.2) is 0 Å². The molecule has 70 valence electrons. The van der Waals surface area contributed by atoms with E-state index in [1.54, 1.807) is 23.5 Å². The molecule has 1 heterocycles. The maximum absolute atomic E-state index is 9.62. The van der Waals surface area contributed by atoms with Crippen LogP contribution in [0, 0.1) is 0 Å². The number of hydrogen-bond acceptors (Lipinski definition) is 2. The van der Waals surface area contributed by atoms with Crippen LogP contribution in [0.1, 0.15) is 10.4 Å². The highest BCUT2D eigenvalue weighted by molar-refractivity contribution is 7.11. The summed E-state index contributed by atoms with van der Waals surface area (Å²) in [5.74, 6) is 0.283. The molecule has 0 saturated heterocycles. The van der Waals surface area contributed by atoms with Crippen molar-refractivity contribution in [1.29, 1.82) is 0 Å². The summed E-state index contributed by atoms with van der Waals surface area (Å²) in [5, 5.41) is 11.6. The van der Waals surface area contributed by atoms with Crippen LogP contribution in [-0.2, 0) is 0 Å². The van der Waals surface area contributed by atoms with Crippen molar-refractivity contribution in [3.63, 3.8) is 0 Å². The Bertz CT molecular complexity index is 443. The number of benzene rings is 1. The Balaban J connectivity index is 2.42. The molecule has 0 bridgehead atoms. The normalized spacial score (nSPS) is 10.0. The first kappa shape index (κ1) is 9.03. The molecule has 1 nitrogen and oxygen atoms in total. The first-order valence-corrected chi connectivity index (χ1v) is 5.18. The maximum Gasteiger partial charge on any atom is 0.123 e. The summed E-state index contributed by atoms with van der Waals surface area (Å²) in [6.07, 6.45) is 0. The lowest BCUT2D eigenvalue weighted by molar-refractivity contribution is 0.474. The van der Waals surface area contributed by atoms with E-state index in [-0.39, 0.29) is 5.75 Å². The Labute approximate surface area is 87.0 Å². The third kappa shape index (κ3) is 1.56. The molecule has 0 atom stereocenters. The third-order valence-corrected chi connectivity index (χ3v) is 2.98. The van der Waals surface area contributed by atoms with Crippen molar-refractivity contribution in [2.24, 2.45) is 0 Å². The summed E-state index contributed by atoms with van der Waals surface area (Å²) < 4.78 is 0. The van der Waals surface area contributed by atoms with E-state index in [4.69, 9.17) is 0 Å². The number of hydrogen-bond donors (Lipinski definition) is 1. The molecule has 0 saturated carbocycles. The molecular weight excluding hydrogens is 192 g/mol. The predicted molar refractivity (Wildman–Crippen MR) is 60.6 cm³/mol. The highest BCUT2D eigenvalue weighted by Gasteiger charge is 2.06. The number of para-hydroxylation sites is 1. The van der Waals surface area contributed by atoms with Crippen LogP contribution < -0.4 is 0 Å². The second kappa shape index (κ2) is 3.68. The van der Waals surface area contributed by atoms with Crippen molar-refractivity contribution in [3.05, 3.63) is 58.8 Å². The molecule has 0 aliphatic carbocycles. The van der Waals surface area contributed by atoms with Crippen LogP contribution in [0.4, 0.5) is 0 Å². The van der Waals surface area contributed by atoms with E-state index in [0.29, 0.717) is 0 Å². The van der Waals surface area contributed by atoms with Gasteiger partial charge < -0.3 is 5.11 Å². The fourth-order valence-electron chi connectivity index (χ4n) is 1.31. The van der Waals surface area contributed by atoms with Crippen molar-refractivity contribution in [1.82, 2.24) is 0 Å². The van der Waals surface area contributed by atoms with Gasteiger partial charge in [0.1, 0.15) is 5.75 Å². The fraction of sp³-hybridized carbons (Fsp3) is 0. The molecule has 0 aliphatic heterocycles. The van der Waals surface area contributed by atoms with Gasteiger partial charge in [0.2, 0.25) is 0 Å². The highest BCUT2D eigenvalue weighted by Crippen LogP contribution is 2.30. The molecule has 1 aromatic heterocycles. The Kier molecular flexibility index (Phi) is 2.37.